The van der Waals surface area contributed by atoms with Crippen molar-refractivity contribution in [3.63, 3.8) is 0 Å². The van der Waals surface area contributed by atoms with E-state index < -0.39 is 0 Å². The number of hydrogen-bond donors (Lipinski definition) is 0. The lowest BCUT2D eigenvalue weighted by Crippen LogP contribution is -2.01. The second-order valence-corrected chi connectivity index (χ2v) is 5.36. The molecule has 0 radical (unpaired) electrons. The third-order valence-corrected chi connectivity index (χ3v) is 2.72. The molecule has 0 amide bonds. The van der Waals surface area contributed by atoms with Crippen molar-refractivity contribution in [1.82, 2.24) is 0 Å². The van der Waals surface area contributed by atoms with Gasteiger partial charge in [0.1, 0.15) is 6.61 Å². The van der Waals surface area contributed by atoms with Crippen LogP contribution in [0.15, 0.2) is 23.5 Å². The van der Waals surface area contributed by atoms with Crippen LogP contribution in [-0.4, -0.2) is 19.8 Å². The lowest BCUT2D eigenvalue weighted by molar-refractivity contribution is 0.0932. The molecule has 0 aliphatic carbocycles. The largest absolute Gasteiger partial charge is 0.499 e. The van der Waals surface area contributed by atoms with Gasteiger partial charge in [-0.15, -0.1) is 0 Å². The van der Waals surface area contributed by atoms with E-state index in [4.69, 9.17) is 9.47 Å². The highest BCUT2D eigenvalue weighted by molar-refractivity contribution is 5.25. The van der Waals surface area contributed by atoms with Gasteiger partial charge in [0.2, 0.25) is 0 Å². The van der Waals surface area contributed by atoms with E-state index in [0.717, 1.165) is 13.0 Å². The molecule has 0 bridgehead atoms. The summed E-state index contributed by atoms with van der Waals surface area (Å²) in [4.78, 5) is 0. The second kappa shape index (κ2) is 10.2. The summed E-state index contributed by atoms with van der Waals surface area (Å²) in [5.74, 6) is 1.24. The predicted octanol–water partition coefficient (Wildman–Crippen LogP) is 4.57. The van der Waals surface area contributed by atoms with Gasteiger partial charge in [0, 0.05) is 6.61 Å². The van der Waals surface area contributed by atoms with E-state index >= 15 is 0 Å². The molecule has 106 valence electrons. The molecule has 2 heteroatoms. The normalized spacial score (nSPS) is 13.6. The minimum Gasteiger partial charge on any atom is -0.499 e. The van der Waals surface area contributed by atoms with Gasteiger partial charge in [-0.2, -0.15) is 0 Å². The van der Waals surface area contributed by atoms with E-state index in [-0.39, 0.29) is 0 Å². The van der Waals surface area contributed by atoms with Crippen molar-refractivity contribution in [2.24, 2.45) is 11.8 Å². The van der Waals surface area contributed by atoms with Gasteiger partial charge in [0.25, 0.3) is 0 Å². The zero-order valence-electron chi connectivity index (χ0n) is 13.0. The molecule has 0 unspecified atom stereocenters. The average Bonchev–Trinajstić information content (AvgIpc) is 2.26. The Morgan fingerprint density at radius 3 is 2.28 bits per heavy atom. The van der Waals surface area contributed by atoms with Crippen molar-refractivity contribution in [2.45, 2.75) is 48.0 Å². The number of hydrogen-bond acceptors (Lipinski definition) is 2. The van der Waals surface area contributed by atoms with Gasteiger partial charge in [-0.05, 0) is 43.8 Å². The maximum atomic E-state index is 5.43. The van der Waals surface area contributed by atoms with Crippen molar-refractivity contribution in [2.75, 3.05) is 19.8 Å². The summed E-state index contributed by atoms with van der Waals surface area (Å²) in [7, 11) is 0. The first kappa shape index (κ1) is 17.2. The van der Waals surface area contributed by atoms with E-state index in [1.54, 1.807) is 6.26 Å². The third-order valence-electron chi connectivity index (χ3n) is 2.72. The van der Waals surface area contributed by atoms with Crippen molar-refractivity contribution in [1.29, 1.82) is 0 Å². The lowest BCUT2D eigenvalue weighted by Gasteiger charge is -2.14. The molecular formula is C16H30O2. The Labute approximate surface area is 113 Å². The minimum atomic E-state index is 0.537. The van der Waals surface area contributed by atoms with Crippen LogP contribution in [0.4, 0.5) is 0 Å². The summed E-state index contributed by atoms with van der Waals surface area (Å²) in [6, 6.07) is 0. The van der Waals surface area contributed by atoms with Gasteiger partial charge in [-0.25, -0.2) is 0 Å². The van der Waals surface area contributed by atoms with E-state index in [0.29, 0.717) is 25.0 Å². The van der Waals surface area contributed by atoms with E-state index in [2.05, 4.69) is 40.7 Å². The maximum absolute atomic E-state index is 5.43. The Hall–Kier alpha value is -0.760. The molecule has 0 aliphatic rings. The van der Waals surface area contributed by atoms with Gasteiger partial charge in [0.05, 0.1) is 12.9 Å². The zero-order chi connectivity index (χ0) is 14.0. The van der Waals surface area contributed by atoms with Crippen LogP contribution in [0.1, 0.15) is 48.0 Å². The molecule has 0 fully saturated rings. The van der Waals surface area contributed by atoms with Crippen LogP contribution >= 0.6 is 0 Å². The van der Waals surface area contributed by atoms with Crippen LogP contribution in [0.2, 0.25) is 0 Å². The molecule has 0 aliphatic heterocycles. The molecule has 18 heavy (non-hydrogen) atoms. The molecule has 0 aromatic rings. The highest BCUT2D eigenvalue weighted by Gasteiger charge is 2.06. The molecule has 0 aromatic carbocycles. The van der Waals surface area contributed by atoms with Crippen molar-refractivity contribution in [3.8, 4) is 0 Å². The third kappa shape index (κ3) is 8.35. The average molecular weight is 254 g/mol. The van der Waals surface area contributed by atoms with Crippen molar-refractivity contribution in [3.05, 3.63) is 23.5 Å². The Balaban J connectivity index is 4.31. The first-order valence-electron chi connectivity index (χ1n) is 7.04. The van der Waals surface area contributed by atoms with Crippen LogP contribution in [0, 0.1) is 11.8 Å². The molecule has 0 atom stereocenters. The molecule has 0 N–H and O–H groups in total. The lowest BCUT2D eigenvalue weighted by atomic mass is 9.93. The number of ether oxygens (including phenoxy) is 2. The summed E-state index contributed by atoms with van der Waals surface area (Å²) < 4.78 is 10.6. The van der Waals surface area contributed by atoms with Crippen molar-refractivity contribution < 1.29 is 9.47 Å². The Bertz CT molecular complexity index is 262. The summed E-state index contributed by atoms with van der Waals surface area (Å²) >= 11 is 0. The molecule has 2 nitrogen and oxygen atoms in total. The van der Waals surface area contributed by atoms with Gasteiger partial charge in [-0.1, -0.05) is 33.3 Å². The Morgan fingerprint density at radius 1 is 1.11 bits per heavy atom. The highest BCUT2D eigenvalue weighted by atomic mass is 16.5. The quantitative estimate of drug-likeness (QED) is 0.341. The number of allylic oxidation sites excluding steroid dienone is 3. The second-order valence-electron chi connectivity index (χ2n) is 5.36. The smallest absolute Gasteiger partial charge is 0.111 e. The highest BCUT2D eigenvalue weighted by Crippen LogP contribution is 2.21. The van der Waals surface area contributed by atoms with E-state index in [1.165, 1.54) is 11.1 Å². The molecule has 0 saturated carbocycles. The molecular weight excluding hydrogens is 224 g/mol. The fourth-order valence-corrected chi connectivity index (χ4v) is 2.00. The van der Waals surface area contributed by atoms with E-state index in [1.807, 2.05) is 6.92 Å². The molecule has 0 heterocycles. The summed E-state index contributed by atoms with van der Waals surface area (Å²) in [5.41, 5.74) is 2.85. The van der Waals surface area contributed by atoms with Crippen LogP contribution in [0.5, 0.6) is 0 Å². The summed E-state index contributed by atoms with van der Waals surface area (Å²) in [6.07, 6.45) is 5.06. The molecule has 0 spiro atoms. The van der Waals surface area contributed by atoms with Gasteiger partial charge >= 0.3 is 0 Å². The van der Waals surface area contributed by atoms with Gasteiger partial charge < -0.3 is 9.47 Å². The molecule has 0 aromatic heterocycles. The van der Waals surface area contributed by atoms with Gasteiger partial charge in [0.15, 0.2) is 0 Å². The van der Waals surface area contributed by atoms with Crippen LogP contribution < -0.4 is 0 Å². The monoisotopic (exact) mass is 254 g/mol. The zero-order valence-corrected chi connectivity index (χ0v) is 13.0. The SMILES string of the molecule is CCOCCO/C=C/C(=C(/C)CC(C)C)C(C)C. The fourth-order valence-electron chi connectivity index (χ4n) is 2.00. The minimum absolute atomic E-state index is 0.537. The topological polar surface area (TPSA) is 18.5 Å². The predicted molar refractivity (Wildman–Crippen MR) is 78.6 cm³/mol. The van der Waals surface area contributed by atoms with Crippen LogP contribution in [0.3, 0.4) is 0 Å². The van der Waals surface area contributed by atoms with Gasteiger partial charge in [-0.3, -0.25) is 0 Å². The first-order valence-corrected chi connectivity index (χ1v) is 7.04. The van der Waals surface area contributed by atoms with Crippen LogP contribution in [-0.2, 0) is 9.47 Å². The molecule has 0 saturated heterocycles. The summed E-state index contributed by atoms with van der Waals surface area (Å²) in [5, 5.41) is 0. The first-order chi connectivity index (χ1) is 8.49. The summed E-state index contributed by atoms with van der Waals surface area (Å²) in [6.45, 7) is 15.2. The Morgan fingerprint density at radius 2 is 1.78 bits per heavy atom. The van der Waals surface area contributed by atoms with Crippen molar-refractivity contribution >= 4 is 0 Å². The standard InChI is InChI=1S/C16H30O2/c1-7-17-10-11-18-9-8-16(14(4)5)15(6)12-13(2)3/h8-9,13-14H,7,10-12H2,1-6H3/b9-8+,16-15+. The fraction of sp³-hybridized carbons (Fsp3) is 0.750. The maximum Gasteiger partial charge on any atom is 0.111 e. The number of rotatable bonds is 9. The van der Waals surface area contributed by atoms with Crippen LogP contribution in [0.25, 0.3) is 0 Å². The van der Waals surface area contributed by atoms with E-state index in [9.17, 15) is 0 Å². The Kier molecular flexibility index (Phi) is 9.76. The molecule has 0 rings (SSSR count).